The predicted molar refractivity (Wildman–Crippen MR) is 76.7 cm³/mol. The smallest absolute Gasteiger partial charge is 0.137 e. The topological polar surface area (TPSA) is 34.4 Å². The van der Waals surface area contributed by atoms with E-state index in [1.807, 2.05) is 0 Å². The minimum atomic E-state index is 0.573. The lowest BCUT2D eigenvalue weighted by Gasteiger charge is -2.02. The molecule has 0 amide bonds. The molecule has 1 aromatic carbocycles. The van der Waals surface area contributed by atoms with Crippen molar-refractivity contribution in [1.82, 2.24) is 5.32 Å². The van der Waals surface area contributed by atoms with Crippen molar-refractivity contribution in [2.75, 3.05) is 13.7 Å². The lowest BCUT2D eigenvalue weighted by molar-refractivity contribution is 0.183. The molecule has 0 fully saturated rings. The number of nitrogens with one attached hydrogen (secondary N) is 1. The van der Waals surface area contributed by atoms with Gasteiger partial charge in [0.25, 0.3) is 0 Å². The second-order valence-electron chi connectivity index (χ2n) is 4.32. The highest BCUT2D eigenvalue weighted by atomic mass is 79.9. The molecule has 4 heteroatoms. The van der Waals surface area contributed by atoms with Gasteiger partial charge in [0.1, 0.15) is 11.3 Å². The van der Waals surface area contributed by atoms with E-state index >= 15 is 0 Å². The first-order chi connectivity index (χ1) is 8.67. The fraction of sp³-hybridized carbons (Fsp3) is 0.429. The minimum Gasteiger partial charge on any atom is -0.459 e. The van der Waals surface area contributed by atoms with Gasteiger partial charge in [-0.3, -0.25) is 0 Å². The van der Waals surface area contributed by atoms with Crippen LogP contribution in [0.3, 0.4) is 0 Å². The van der Waals surface area contributed by atoms with Gasteiger partial charge in [0.2, 0.25) is 0 Å². The molecule has 0 radical (unpaired) electrons. The molecule has 0 spiro atoms. The monoisotopic (exact) mass is 311 g/mol. The first-order valence-electron chi connectivity index (χ1n) is 6.07. The molecule has 0 bridgehead atoms. The molecule has 98 valence electrons. The summed E-state index contributed by atoms with van der Waals surface area (Å²) in [5.74, 6) is 0.968. The van der Waals surface area contributed by atoms with Gasteiger partial charge in [0.05, 0.1) is 13.2 Å². The Kier molecular flexibility index (Phi) is 4.43. The van der Waals surface area contributed by atoms with Crippen molar-refractivity contribution in [1.29, 1.82) is 0 Å². The van der Waals surface area contributed by atoms with Crippen LogP contribution in [-0.4, -0.2) is 13.7 Å². The molecular weight excluding hydrogens is 294 g/mol. The largest absolute Gasteiger partial charge is 0.459 e. The fourth-order valence-electron chi connectivity index (χ4n) is 2.11. The van der Waals surface area contributed by atoms with Crippen LogP contribution in [0.25, 0.3) is 11.0 Å². The molecular formula is C14H18BrNO2. The second kappa shape index (κ2) is 5.87. The molecule has 2 aromatic rings. The van der Waals surface area contributed by atoms with Crippen LogP contribution in [0, 0.1) is 6.92 Å². The standard InChI is InChI=1S/C14H18BrNO2/c1-4-16-7-13-12(8-17-3)11-6-10(15)5-9(2)14(11)18-13/h5-6,16H,4,7-8H2,1-3H3. The Morgan fingerprint density at radius 3 is 2.83 bits per heavy atom. The Labute approximate surface area is 116 Å². The average Bonchev–Trinajstić information content (AvgIpc) is 2.66. The summed E-state index contributed by atoms with van der Waals surface area (Å²) in [4.78, 5) is 0. The van der Waals surface area contributed by atoms with Crippen LogP contribution in [0.4, 0.5) is 0 Å². The van der Waals surface area contributed by atoms with E-state index in [4.69, 9.17) is 9.15 Å². The molecule has 0 saturated carbocycles. The van der Waals surface area contributed by atoms with Crippen molar-refractivity contribution in [2.45, 2.75) is 27.0 Å². The molecule has 0 aliphatic carbocycles. The third-order valence-electron chi connectivity index (χ3n) is 2.95. The molecule has 1 aromatic heterocycles. The highest BCUT2D eigenvalue weighted by Crippen LogP contribution is 2.31. The SMILES string of the molecule is CCNCc1oc2c(C)cc(Br)cc2c1COC. The molecule has 18 heavy (non-hydrogen) atoms. The minimum absolute atomic E-state index is 0.573. The van der Waals surface area contributed by atoms with E-state index in [0.717, 1.165) is 45.4 Å². The van der Waals surface area contributed by atoms with Crippen molar-refractivity contribution in [2.24, 2.45) is 0 Å². The zero-order valence-corrected chi connectivity index (χ0v) is 12.6. The third-order valence-corrected chi connectivity index (χ3v) is 3.41. The molecule has 3 nitrogen and oxygen atoms in total. The van der Waals surface area contributed by atoms with Crippen LogP contribution < -0.4 is 5.32 Å². The van der Waals surface area contributed by atoms with Gasteiger partial charge in [0, 0.05) is 22.5 Å². The maximum Gasteiger partial charge on any atom is 0.137 e. The Bertz CT molecular complexity index is 548. The maximum absolute atomic E-state index is 5.98. The van der Waals surface area contributed by atoms with Crippen molar-refractivity contribution in [3.8, 4) is 0 Å². The number of halogens is 1. The summed E-state index contributed by atoms with van der Waals surface area (Å²) in [7, 11) is 1.71. The Morgan fingerprint density at radius 2 is 2.17 bits per heavy atom. The molecule has 0 aliphatic heterocycles. The van der Waals surface area contributed by atoms with Gasteiger partial charge in [0.15, 0.2) is 0 Å². The Hall–Kier alpha value is -0.840. The molecule has 0 atom stereocenters. The van der Waals surface area contributed by atoms with E-state index in [9.17, 15) is 0 Å². The zero-order chi connectivity index (χ0) is 13.1. The normalized spacial score (nSPS) is 11.3. The zero-order valence-electron chi connectivity index (χ0n) is 11.0. The number of fused-ring (bicyclic) bond motifs is 1. The van der Waals surface area contributed by atoms with E-state index in [1.54, 1.807) is 7.11 Å². The molecule has 0 saturated heterocycles. The first-order valence-corrected chi connectivity index (χ1v) is 6.86. The number of rotatable bonds is 5. The Morgan fingerprint density at radius 1 is 1.39 bits per heavy atom. The summed E-state index contributed by atoms with van der Waals surface area (Å²) in [5, 5.41) is 4.43. The lowest BCUT2D eigenvalue weighted by Crippen LogP contribution is -2.12. The summed E-state index contributed by atoms with van der Waals surface area (Å²) in [6, 6.07) is 4.16. The van der Waals surface area contributed by atoms with Crippen molar-refractivity contribution in [3.63, 3.8) is 0 Å². The van der Waals surface area contributed by atoms with Gasteiger partial charge in [-0.2, -0.15) is 0 Å². The van der Waals surface area contributed by atoms with Gasteiger partial charge >= 0.3 is 0 Å². The summed E-state index contributed by atoms with van der Waals surface area (Å²) < 4.78 is 12.3. The molecule has 0 unspecified atom stereocenters. The molecule has 1 N–H and O–H groups in total. The molecule has 0 aliphatic rings. The van der Waals surface area contributed by atoms with E-state index < -0.39 is 0 Å². The number of aryl methyl sites for hydroxylation is 1. The van der Waals surface area contributed by atoms with Crippen LogP contribution >= 0.6 is 15.9 Å². The van der Waals surface area contributed by atoms with Gasteiger partial charge in [-0.05, 0) is 31.2 Å². The van der Waals surface area contributed by atoms with Crippen LogP contribution in [0.15, 0.2) is 21.0 Å². The van der Waals surface area contributed by atoms with Crippen LogP contribution in [0.1, 0.15) is 23.8 Å². The number of hydrogen-bond acceptors (Lipinski definition) is 3. The summed E-state index contributed by atoms with van der Waals surface area (Å²) in [6.45, 7) is 6.38. The fourth-order valence-corrected chi connectivity index (χ4v) is 2.68. The van der Waals surface area contributed by atoms with Gasteiger partial charge in [-0.1, -0.05) is 22.9 Å². The number of benzene rings is 1. The maximum atomic E-state index is 5.98. The van der Waals surface area contributed by atoms with Gasteiger partial charge in [-0.25, -0.2) is 0 Å². The quantitative estimate of drug-likeness (QED) is 0.913. The molecule has 2 rings (SSSR count). The summed E-state index contributed by atoms with van der Waals surface area (Å²) in [5.41, 5.74) is 3.23. The predicted octanol–water partition coefficient (Wildman–Crippen LogP) is 3.76. The van der Waals surface area contributed by atoms with Crippen LogP contribution in [0.2, 0.25) is 0 Å². The van der Waals surface area contributed by atoms with Crippen molar-refractivity contribution >= 4 is 26.9 Å². The van der Waals surface area contributed by atoms with Crippen LogP contribution in [-0.2, 0) is 17.9 Å². The summed E-state index contributed by atoms with van der Waals surface area (Å²) in [6.07, 6.45) is 0. The summed E-state index contributed by atoms with van der Waals surface area (Å²) >= 11 is 3.53. The van der Waals surface area contributed by atoms with Crippen LogP contribution in [0.5, 0.6) is 0 Å². The highest BCUT2D eigenvalue weighted by molar-refractivity contribution is 9.10. The van der Waals surface area contributed by atoms with Gasteiger partial charge in [-0.15, -0.1) is 0 Å². The highest BCUT2D eigenvalue weighted by Gasteiger charge is 2.15. The number of furan rings is 1. The van der Waals surface area contributed by atoms with E-state index in [-0.39, 0.29) is 0 Å². The number of ether oxygens (including phenoxy) is 1. The average molecular weight is 312 g/mol. The van der Waals surface area contributed by atoms with Crippen molar-refractivity contribution in [3.05, 3.63) is 33.5 Å². The lowest BCUT2D eigenvalue weighted by atomic mass is 10.1. The first kappa shape index (κ1) is 13.6. The Balaban J connectivity index is 2.55. The van der Waals surface area contributed by atoms with E-state index in [1.165, 1.54) is 0 Å². The van der Waals surface area contributed by atoms with Gasteiger partial charge < -0.3 is 14.5 Å². The third kappa shape index (κ3) is 2.60. The second-order valence-corrected chi connectivity index (χ2v) is 5.23. The number of hydrogen-bond donors (Lipinski definition) is 1. The van der Waals surface area contributed by atoms with Crippen molar-refractivity contribution < 1.29 is 9.15 Å². The van der Waals surface area contributed by atoms with E-state index in [2.05, 4.69) is 47.2 Å². The molecule has 1 heterocycles. The number of methoxy groups -OCH3 is 1. The van der Waals surface area contributed by atoms with E-state index in [0.29, 0.717) is 6.61 Å².